The summed E-state index contributed by atoms with van der Waals surface area (Å²) >= 11 is 12.0. The van der Waals surface area contributed by atoms with Gasteiger partial charge < -0.3 is 19.1 Å². The van der Waals surface area contributed by atoms with Crippen LogP contribution in [0.2, 0.25) is 10.0 Å². The van der Waals surface area contributed by atoms with E-state index in [0.717, 1.165) is 5.52 Å². The zero-order chi connectivity index (χ0) is 15.9. The van der Waals surface area contributed by atoms with Crippen LogP contribution in [0.25, 0.3) is 11.0 Å². The number of ether oxygens (including phenoxy) is 1. The molecule has 0 aliphatic carbocycles. The molecule has 1 aliphatic rings. The fourth-order valence-corrected chi connectivity index (χ4v) is 3.12. The van der Waals surface area contributed by atoms with E-state index in [1.54, 1.807) is 18.5 Å². The van der Waals surface area contributed by atoms with Gasteiger partial charge in [-0.25, -0.2) is 9.55 Å². The van der Waals surface area contributed by atoms with Crippen molar-refractivity contribution in [1.29, 1.82) is 0 Å². The first kappa shape index (κ1) is 16.2. The van der Waals surface area contributed by atoms with Crippen LogP contribution in [0.4, 0.5) is 0 Å². The lowest BCUT2D eigenvalue weighted by Crippen LogP contribution is -2.15. The number of hydrogen-bond donors (Lipinski definition) is 2. The van der Waals surface area contributed by atoms with Crippen LogP contribution in [0.3, 0.4) is 0 Å². The fraction of sp³-hybridized carbons (Fsp3) is 0.417. The molecule has 1 aromatic heterocycles. The molecule has 2 aromatic rings. The van der Waals surface area contributed by atoms with Crippen LogP contribution in [0, 0.1) is 0 Å². The third-order valence-electron chi connectivity index (χ3n) is 3.44. The van der Waals surface area contributed by atoms with Crippen molar-refractivity contribution in [2.75, 3.05) is 6.61 Å². The molecular formula is C12H13Cl2N2O5P. The number of imidazole rings is 1. The summed E-state index contributed by atoms with van der Waals surface area (Å²) in [6.07, 6.45) is 2.28. The van der Waals surface area contributed by atoms with Crippen LogP contribution in [0.1, 0.15) is 19.1 Å². The maximum Gasteiger partial charge on any atom is 0.469 e. The van der Waals surface area contributed by atoms with E-state index in [0.29, 0.717) is 28.4 Å². The van der Waals surface area contributed by atoms with Gasteiger partial charge in [0.05, 0.1) is 40.1 Å². The number of benzene rings is 1. The second kappa shape index (κ2) is 6.09. The first-order valence-corrected chi connectivity index (χ1v) is 8.79. The minimum absolute atomic E-state index is 0.153. The highest BCUT2D eigenvalue weighted by Crippen LogP contribution is 2.39. The summed E-state index contributed by atoms with van der Waals surface area (Å²) in [4.78, 5) is 21.7. The largest absolute Gasteiger partial charge is 0.469 e. The normalized spacial score (nSPS) is 22.5. The van der Waals surface area contributed by atoms with Crippen molar-refractivity contribution in [2.45, 2.75) is 25.2 Å². The second-order valence-corrected chi connectivity index (χ2v) is 7.04. The standard InChI is InChI=1S/C12H13Cl2N2O5P/c13-8-3-10-11(4-9(8)14)16(6-15-10)12-2-1-7(21-12)5-20-22(17,18)19/h3-4,6-7,12H,1-2,5H2,(H2,17,18,19)/t7-,12+/m0/s1. The Morgan fingerprint density at radius 3 is 2.82 bits per heavy atom. The molecule has 1 aliphatic heterocycles. The maximum atomic E-state index is 10.7. The van der Waals surface area contributed by atoms with E-state index in [4.69, 9.17) is 37.7 Å². The van der Waals surface area contributed by atoms with Gasteiger partial charge in [-0.15, -0.1) is 0 Å². The Hall–Kier alpha value is -0.660. The Bertz CT molecular complexity index is 746. The molecule has 22 heavy (non-hydrogen) atoms. The van der Waals surface area contributed by atoms with Crippen molar-refractivity contribution in [1.82, 2.24) is 9.55 Å². The number of hydrogen-bond acceptors (Lipinski definition) is 4. The average molecular weight is 367 g/mol. The predicted molar refractivity (Wildman–Crippen MR) is 80.9 cm³/mol. The lowest BCUT2D eigenvalue weighted by atomic mass is 10.2. The molecule has 120 valence electrons. The summed E-state index contributed by atoms with van der Waals surface area (Å²) < 4.78 is 22.8. The first-order valence-electron chi connectivity index (χ1n) is 6.50. The van der Waals surface area contributed by atoms with Crippen LogP contribution in [-0.4, -0.2) is 32.0 Å². The van der Waals surface area contributed by atoms with Crippen LogP contribution in [0.5, 0.6) is 0 Å². The lowest BCUT2D eigenvalue weighted by Gasteiger charge is -2.16. The number of phosphoric acid groups is 1. The van der Waals surface area contributed by atoms with Gasteiger partial charge in [-0.05, 0) is 25.0 Å². The molecule has 10 heteroatoms. The molecule has 2 N–H and O–H groups in total. The monoisotopic (exact) mass is 366 g/mol. The van der Waals surface area contributed by atoms with Gasteiger partial charge in [-0.1, -0.05) is 23.2 Å². The van der Waals surface area contributed by atoms with Gasteiger partial charge in [0.2, 0.25) is 0 Å². The first-order chi connectivity index (χ1) is 10.3. The molecule has 0 amide bonds. The van der Waals surface area contributed by atoms with E-state index in [9.17, 15) is 4.57 Å². The number of fused-ring (bicyclic) bond motifs is 1. The third-order valence-corrected chi connectivity index (χ3v) is 4.65. The number of rotatable bonds is 4. The van der Waals surface area contributed by atoms with E-state index < -0.39 is 7.82 Å². The van der Waals surface area contributed by atoms with E-state index in [1.807, 2.05) is 4.57 Å². The smallest absolute Gasteiger partial charge is 0.352 e. The SMILES string of the molecule is O=P(O)(O)OC[C@@H]1CC[C@H](n2cnc3cc(Cl)c(Cl)cc32)O1. The van der Waals surface area contributed by atoms with Crippen molar-refractivity contribution in [3.63, 3.8) is 0 Å². The Morgan fingerprint density at radius 2 is 2.09 bits per heavy atom. The molecular weight excluding hydrogens is 354 g/mol. The molecule has 1 fully saturated rings. The van der Waals surface area contributed by atoms with Crippen LogP contribution in [-0.2, 0) is 13.8 Å². The molecule has 1 saturated heterocycles. The summed E-state index contributed by atoms with van der Waals surface area (Å²) in [5.74, 6) is 0. The van der Waals surface area contributed by atoms with Gasteiger partial charge in [0, 0.05) is 0 Å². The van der Waals surface area contributed by atoms with Crippen molar-refractivity contribution in [2.24, 2.45) is 0 Å². The zero-order valence-corrected chi connectivity index (χ0v) is 13.6. The van der Waals surface area contributed by atoms with Crippen molar-refractivity contribution < 1.29 is 23.6 Å². The molecule has 1 aromatic carbocycles. The second-order valence-electron chi connectivity index (χ2n) is 4.98. The van der Waals surface area contributed by atoms with Gasteiger partial charge in [-0.3, -0.25) is 4.52 Å². The number of phosphoric ester groups is 1. The predicted octanol–water partition coefficient (Wildman–Crippen LogP) is 3.13. The summed E-state index contributed by atoms with van der Waals surface area (Å²) in [6, 6.07) is 3.40. The topological polar surface area (TPSA) is 93.8 Å². The van der Waals surface area contributed by atoms with Crippen molar-refractivity contribution >= 4 is 42.1 Å². The minimum atomic E-state index is -4.48. The Morgan fingerprint density at radius 1 is 1.36 bits per heavy atom. The molecule has 0 spiro atoms. The molecule has 2 atom stereocenters. The Labute approximate surface area is 136 Å². The van der Waals surface area contributed by atoms with E-state index in [2.05, 4.69) is 9.51 Å². The molecule has 0 unspecified atom stereocenters. The summed E-state index contributed by atoms with van der Waals surface area (Å²) in [7, 11) is -4.48. The highest BCUT2D eigenvalue weighted by Gasteiger charge is 2.29. The number of nitrogens with zero attached hydrogens (tertiary/aromatic N) is 2. The fourth-order valence-electron chi connectivity index (χ4n) is 2.45. The van der Waals surface area contributed by atoms with E-state index >= 15 is 0 Å². The van der Waals surface area contributed by atoms with Gasteiger partial charge in [-0.2, -0.15) is 0 Å². The van der Waals surface area contributed by atoms with Crippen LogP contribution < -0.4 is 0 Å². The average Bonchev–Trinajstić information content (AvgIpc) is 3.03. The molecule has 0 bridgehead atoms. The quantitative estimate of drug-likeness (QED) is 0.807. The Kier molecular flexibility index (Phi) is 4.49. The van der Waals surface area contributed by atoms with Gasteiger partial charge in [0.1, 0.15) is 6.23 Å². The molecule has 7 nitrogen and oxygen atoms in total. The lowest BCUT2D eigenvalue weighted by molar-refractivity contribution is -0.0203. The van der Waals surface area contributed by atoms with Crippen molar-refractivity contribution in [3.8, 4) is 0 Å². The van der Waals surface area contributed by atoms with E-state index in [1.165, 1.54) is 0 Å². The zero-order valence-electron chi connectivity index (χ0n) is 11.2. The van der Waals surface area contributed by atoms with Gasteiger partial charge in [0.15, 0.2) is 0 Å². The summed E-state index contributed by atoms with van der Waals surface area (Å²) in [5, 5.41) is 0.856. The molecule has 0 radical (unpaired) electrons. The van der Waals surface area contributed by atoms with Gasteiger partial charge >= 0.3 is 7.82 Å². The highest BCUT2D eigenvalue weighted by atomic mass is 35.5. The Balaban J connectivity index is 1.76. The van der Waals surface area contributed by atoms with Crippen LogP contribution >= 0.6 is 31.0 Å². The van der Waals surface area contributed by atoms with E-state index in [-0.39, 0.29) is 18.9 Å². The number of aromatic nitrogens is 2. The minimum Gasteiger partial charge on any atom is -0.352 e. The summed E-state index contributed by atoms with van der Waals surface area (Å²) in [5.41, 5.74) is 1.49. The van der Waals surface area contributed by atoms with Gasteiger partial charge in [0.25, 0.3) is 0 Å². The third kappa shape index (κ3) is 3.46. The molecule has 0 saturated carbocycles. The summed E-state index contributed by atoms with van der Waals surface area (Å²) in [6.45, 7) is -0.153. The molecule has 2 heterocycles. The maximum absolute atomic E-state index is 10.7. The highest BCUT2D eigenvalue weighted by molar-refractivity contribution is 7.46. The van der Waals surface area contributed by atoms with Crippen LogP contribution in [0.15, 0.2) is 18.5 Å². The van der Waals surface area contributed by atoms with Crippen molar-refractivity contribution in [3.05, 3.63) is 28.5 Å². The number of halogens is 2. The molecule has 3 rings (SSSR count).